The van der Waals surface area contributed by atoms with Crippen LogP contribution in [0.4, 0.5) is 0 Å². The quantitative estimate of drug-likeness (QED) is 0.758. The largest absolute Gasteiger partial charge is 0.388 e. The predicted octanol–water partition coefficient (Wildman–Crippen LogP) is 0.420. The number of aliphatic hydroxyl groups excluding tert-OH is 1. The molecule has 1 aromatic heterocycles. The van der Waals surface area contributed by atoms with Crippen molar-refractivity contribution in [2.45, 2.75) is 12.1 Å². The summed E-state index contributed by atoms with van der Waals surface area (Å²) in [6.07, 6.45) is 1.45. The van der Waals surface area contributed by atoms with E-state index in [0.29, 0.717) is 13.2 Å². The molecule has 0 radical (unpaired) electrons. The van der Waals surface area contributed by atoms with Crippen LogP contribution in [-0.4, -0.2) is 34.2 Å². The Hall–Kier alpha value is -0.140. The predicted molar refractivity (Wildman–Crippen MR) is 50.8 cm³/mol. The lowest BCUT2D eigenvalue weighted by Gasteiger charge is -2.11. The topological polar surface area (TPSA) is 47.3 Å². The zero-order chi connectivity index (χ0) is 8.55. The van der Waals surface area contributed by atoms with Gasteiger partial charge in [-0.05, 0) is 28.7 Å². The van der Waals surface area contributed by atoms with E-state index < -0.39 is 6.10 Å². The highest BCUT2D eigenvalue weighted by Gasteiger charge is 2.28. The zero-order valence-corrected chi connectivity index (χ0v) is 8.51. The normalized spacial score (nSPS) is 29.5. The van der Waals surface area contributed by atoms with Gasteiger partial charge in [0, 0.05) is 6.20 Å². The van der Waals surface area contributed by atoms with Crippen LogP contribution in [0, 0.1) is 3.70 Å². The Labute approximate surface area is 83.7 Å². The summed E-state index contributed by atoms with van der Waals surface area (Å²) in [6.45, 7) is 0.972. The smallest absolute Gasteiger partial charge is 0.123 e. The fourth-order valence-electron chi connectivity index (χ4n) is 1.28. The molecule has 12 heavy (non-hydrogen) atoms. The molecule has 1 aromatic rings. The molecular formula is C7H9IN2O2. The van der Waals surface area contributed by atoms with E-state index >= 15 is 0 Å². The molecule has 1 saturated heterocycles. The number of aliphatic hydroxyl groups is 1. The molecule has 0 spiro atoms. The van der Waals surface area contributed by atoms with Gasteiger partial charge >= 0.3 is 0 Å². The molecule has 1 aliphatic rings. The average Bonchev–Trinajstić information content (AvgIpc) is 2.58. The Morgan fingerprint density at radius 2 is 2.50 bits per heavy atom. The minimum Gasteiger partial charge on any atom is -0.388 e. The van der Waals surface area contributed by atoms with Gasteiger partial charge < -0.3 is 9.84 Å². The van der Waals surface area contributed by atoms with Crippen molar-refractivity contribution in [3.63, 3.8) is 0 Å². The van der Waals surface area contributed by atoms with E-state index in [0.717, 1.165) is 3.70 Å². The molecule has 4 nitrogen and oxygen atoms in total. The number of ether oxygens (including phenoxy) is 1. The Balaban J connectivity index is 2.19. The Kier molecular flexibility index (Phi) is 2.33. The van der Waals surface area contributed by atoms with Crippen LogP contribution in [0.5, 0.6) is 0 Å². The molecule has 0 unspecified atom stereocenters. The molecular weight excluding hydrogens is 271 g/mol. The van der Waals surface area contributed by atoms with Crippen LogP contribution in [0.25, 0.3) is 0 Å². The monoisotopic (exact) mass is 280 g/mol. The lowest BCUT2D eigenvalue weighted by atomic mass is 10.2. The van der Waals surface area contributed by atoms with Gasteiger partial charge in [-0.25, -0.2) is 0 Å². The summed E-state index contributed by atoms with van der Waals surface area (Å²) in [5.74, 6) is 0. The van der Waals surface area contributed by atoms with E-state index in [1.807, 2.05) is 12.3 Å². The molecule has 5 heteroatoms. The first-order chi connectivity index (χ1) is 5.77. The Morgan fingerprint density at radius 3 is 3.00 bits per heavy atom. The number of hydrogen-bond acceptors (Lipinski definition) is 3. The molecule has 0 aromatic carbocycles. The van der Waals surface area contributed by atoms with Gasteiger partial charge in [-0.3, -0.25) is 4.68 Å². The highest BCUT2D eigenvalue weighted by atomic mass is 127. The first-order valence-electron chi connectivity index (χ1n) is 3.74. The minimum absolute atomic E-state index is 0.00600. The van der Waals surface area contributed by atoms with Gasteiger partial charge in [0.15, 0.2) is 0 Å². The van der Waals surface area contributed by atoms with E-state index in [1.165, 1.54) is 0 Å². The minimum atomic E-state index is -0.416. The maximum atomic E-state index is 9.46. The second kappa shape index (κ2) is 3.31. The summed E-state index contributed by atoms with van der Waals surface area (Å²) in [5.41, 5.74) is 0. The van der Waals surface area contributed by atoms with Crippen LogP contribution in [0.2, 0.25) is 0 Å². The molecule has 66 valence electrons. The van der Waals surface area contributed by atoms with Gasteiger partial charge in [0.05, 0.1) is 13.2 Å². The maximum absolute atomic E-state index is 9.46. The Morgan fingerprint density at radius 1 is 1.67 bits per heavy atom. The van der Waals surface area contributed by atoms with Gasteiger partial charge in [-0.2, -0.15) is 5.10 Å². The van der Waals surface area contributed by atoms with E-state index in [2.05, 4.69) is 27.7 Å². The third-order valence-corrected chi connectivity index (χ3v) is 2.51. The van der Waals surface area contributed by atoms with Crippen LogP contribution < -0.4 is 0 Å². The summed E-state index contributed by atoms with van der Waals surface area (Å²) in [7, 11) is 0. The van der Waals surface area contributed by atoms with Crippen molar-refractivity contribution in [3.8, 4) is 0 Å². The number of halogens is 1. The van der Waals surface area contributed by atoms with Crippen LogP contribution in [-0.2, 0) is 4.74 Å². The summed E-state index contributed by atoms with van der Waals surface area (Å²) >= 11 is 2.14. The van der Waals surface area contributed by atoms with Crippen molar-refractivity contribution in [1.29, 1.82) is 0 Å². The third-order valence-electron chi connectivity index (χ3n) is 1.94. The first kappa shape index (κ1) is 8.46. The molecule has 0 bridgehead atoms. The highest BCUT2D eigenvalue weighted by Crippen LogP contribution is 2.18. The number of rotatable bonds is 1. The van der Waals surface area contributed by atoms with Crippen LogP contribution in [0.15, 0.2) is 12.3 Å². The van der Waals surface area contributed by atoms with Crippen LogP contribution >= 0.6 is 22.6 Å². The fraction of sp³-hybridized carbons (Fsp3) is 0.571. The molecule has 0 aliphatic carbocycles. The van der Waals surface area contributed by atoms with E-state index in [9.17, 15) is 5.11 Å². The Bertz CT molecular complexity index is 276. The van der Waals surface area contributed by atoms with Crippen molar-refractivity contribution >= 4 is 22.6 Å². The number of nitrogens with zero attached hydrogens (tertiary/aromatic N) is 2. The molecule has 0 saturated carbocycles. The van der Waals surface area contributed by atoms with E-state index in [4.69, 9.17) is 4.74 Å². The number of hydrogen-bond donors (Lipinski definition) is 1. The second-order valence-electron chi connectivity index (χ2n) is 2.79. The summed E-state index contributed by atoms with van der Waals surface area (Å²) in [6, 6.07) is 1.90. The highest BCUT2D eigenvalue weighted by molar-refractivity contribution is 14.1. The van der Waals surface area contributed by atoms with Crippen molar-refractivity contribution in [1.82, 2.24) is 9.78 Å². The molecule has 1 N–H and O–H groups in total. The SMILES string of the molecule is O[C@@H]1COC[C@@H]1n1ccc(I)n1. The van der Waals surface area contributed by atoms with Gasteiger partial charge in [0.1, 0.15) is 15.8 Å². The molecule has 0 amide bonds. The van der Waals surface area contributed by atoms with E-state index in [-0.39, 0.29) is 6.04 Å². The maximum Gasteiger partial charge on any atom is 0.123 e. The van der Waals surface area contributed by atoms with E-state index in [1.54, 1.807) is 4.68 Å². The standard InChI is InChI=1S/C7H9IN2O2/c8-7-1-2-10(9-7)5-3-12-4-6(5)11/h1-2,5-6,11H,3-4H2/t5-,6+/m0/s1. The molecule has 2 heterocycles. The van der Waals surface area contributed by atoms with Crippen molar-refractivity contribution in [3.05, 3.63) is 16.0 Å². The zero-order valence-electron chi connectivity index (χ0n) is 6.35. The first-order valence-corrected chi connectivity index (χ1v) is 4.82. The molecule has 2 atom stereocenters. The van der Waals surface area contributed by atoms with Gasteiger partial charge in [-0.15, -0.1) is 0 Å². The molecule has 2 rings (SSSR count). The van der Waals surface area contributed by atoms with Crippen molar-refractivity contribution < 1.29 is 9.84 Å². The second-order valence-corrected chi connectivity index (χ2v) is 3.90. The summed E-state index contributed by atoms with van der Waals surface area (Å²) in [4.78, 5) is 0. The van der Waals surface area contributed by atoms with Crippen molar-refractivity contribution in [2.24, 2.45) is 0 Å². The lowest BCUT2D eigenvalue weighted by molar-refractivity contribution is 0.118. The van der Waals surface area contributed by atoms with Crippen LogP contribution in [0.1, 0.15) is 6.04 Å². The van der Waals surface area contributed by atoms with Gasteiger partial charge in [0.25, 0.3) is 0 Å². The fourth-order valence-corrected chi connectivity index (χ4v) is 1.69. The number of aromatic nitrogens is 2. The van der Waals surface area contributed by atoms with Gasteiger partial charge in [-0.1, -0.05) is 0 Å². The molecule has 1 aliphatic heterocycles. The lowest BCUT2D eigenvalue weighted by Crippen LogP contribution is -2.22. The molecule has 1 fully saturated rings. The summed E-state index contributed by atoms with van der Waals surface area (Å²) in [5, 5.41) is 13.7. The van der Waals surface area contributed by atoms with Gasteiger partial charge in [0.2, 0.25) is 0 Å². The summed E-state index contributed by atoms with van der Waals surface area (Å²) < 4.78 is 7.82. The van der Waals surface area contributed by atoms with Crippen molar-refractivity contribution in [2.75, 3.05) is 13.2 Å². The van der Waals surface area contributed by atoms with Crippen LogP contribution in [0.3, 0.4) is 0 Å². The third kappa shape index (κ3) is 1.48. The average molecular weight is 280 g/mol.